The number of hydrogen-bond donors (Lipinski definition) is 0. The van der Waals surface area contributed by atoms with Gasteiger partial charge in [-0.15, -0.1) is 11.8 Å². The van der Waals surface area contributed by atoms with E-state index in [4.69, 9.17) is 4.42 Å². The average Bonchev–Trinajstić information content (AvgIpc) is 2.71. The second-order valence-corrected chi connectivity index (χ2v) is 5.17. The van der Waals surface area contributed by atoms with E-state index < -0.39 is 11.8 Å². The summed E-state index contributed by atoms with van der Waals surface area (Å²) in [5, 5.41) is 0.501. The normalized spacial score (nSPS) is 12.6. The van der Waals surface area contributed by atoms with Crippen molar-refractivity contribution in [2.45, 2.75) is 24.7 Å². The fraction of sp³-hybridized carbons (Fsp3) is 0.385. The Morgan fingerprint density at radius 3 is 2.59 bits per heavy atom. The lowest BCUT2D eigenvalue weighted by Gasteiger charge is -2.19. The second kappa shape index (κ2) is 4.33. The van der Waals surface area contributed by atoms with Gasteiger partial charge in [0.15, 0.2) is 0 Å². The van der Waals surface area contributed by atoms with E-state index in [1.54, 1.807) is 23.9 Å². The van der Waals surface area contributed by atoms with E-state index in [0.29, 0.717) is 11.0 Å². The summed E-state index contributed by atoms with van der Waals surface area (Å²) in [6, 6.07) is 5.33. The predicted molar refractivity (Wildman–Crippen MR) is 66.7 cm³/mol. The zero-order chi connectivity index (χ0) is 12.6. The number of benzene rings is 1. The average molecular weight is 256 g/mol. The molecule has 4 heteroatoms. The van der Waals surface area contributed by atoms with E-state index in [2.05, 4.69) is 0 Å². The number of rotatable bonds is 3. The highest BCUT2D eigenvalue weighted by Crippen LogP contribution is 2.40. The summed E-state index contributed by atoms with van der Waals surface area (Å²) < 4.78 is 33.2. The second-order valence-electron chi connectivity index (χ2n) is 4.29. The molecule has 0 aliphatic heterocycles. The molecule has 0 N–H and O–H groups in total. The molecule has 92 valence electrons. The van der Waals surface area contributed by atoms with Gasteiger partial charge in [-0.2, -0.15) is 0 Å². The molecular formula is C13H14F2OS. The Balaban J connectivity index is 2.57. The maximum Gasteiger partial charge on any atom is 0.279 e. The van der Waals surface area contributed by atoms with Gasteiger partial charge >= 0.3 is 0 Å². The first-order chi connectivity index (χ1) is 7.96. The van der Waals surface area contributed by atoms with Crippen LogP contribution in [0.5, 0.6) is 0 Å². The van der Waals surface area contributed by atoms with Crippen LogP contribution in [0, 0.1) is 5.92 Å². The van der Waals surface area contributed by atoms with Crippen molar-refractivity contribution in [1.29, 1.82) is 0 Å². The quantitative estimate of drug-likeness (QED) is 0.724. The fourth-order valence-electron chi connectivity index (χ4n) is 1.70. The van der Waals surface area contributed by atoms with Crippen molar-refractivity contribution in [2.24, 2.45) is 5.92 Å². The Hall–Kier alpha value is -1.03. The molecule has 17 heavy (non-hydrogen) atoms. The van der Waals surface area contributed by atoms with Crippen LogP contribution in [0.15, 0.2) is 33.8 Å². The van der Waals surface area contributed by atoms with Gasteiger partial charge in [0.2, 0.25) is 0 Å². The summed E-state index contributed by atoms with van der Waals surface area (Å²) in [7, 11) is 0. The number of thioether (sulfide) groups is 1. The van der Waals surface area contributed by atoms with Crippen LogP contribution in [-0.4, -0.2) is 6.26 Å². The Morgan fingerprint density at radius 1 is 1.29 bits per heavy atom. The zero-order valence-corrected chi connectivity index (χ0v) is 10.8. The summed E-state index contributed by atoms with van der Waals surface area (Å²) in [6.45, 7) is 3.02. The summed E-state index contributed by atoms with van der Waals surface area (Å²) in [4.78, 5) is 1.01. The van der Waals surface area contributed by atoms with Crippen molar-refractivity contribution in [1.82, 2.24) is 0 Å². The lowest BCUT2D eigenvalue weighted by atomic mass is 9.97. The standard InChI is InChI=1S/C13H14F2OS/c1-8(2)13(14,15)11-7-16-12-6-9(17-3)4-5-10(11)12/h4-8H,1-3H3. The molecule has 0 amide bonds. The summed E-state index contributed by atoms with van der Waals surface area (Å²) in [6.07, 6.45) is 3.11. The molecule has 0 fully saturated rings. The van der Waals surface area contributed by atoms with Crippen LogP contribution in [0.2, 0.25) is 0 Å². The minimum Gasteiger partial charge on any atom is -0.464 e. The number of furan rings is 1. The highest BCUT2D eigenvalue weighted by molar-refractivity contribution is 7.98. The molecular weight excluding hydrogens is 242 g/mol. The molecule has 0 saturated heterocycles. The molecule has 1 nitrogen and oxygen atoms in total. The summed E-state index contributed by atoms with van der Waals surface area (Å²) >= 11 is 1.56. The van der Waals surface area contributed by atoms with Crippen molar-refractivity contribution in [3.05, 3.63) is 30.0 Å². The minimum atomic E-state index is -2.86. The smallest absolute Gasteiger partial charge is 0.279 e. The molecule has 0 aliphatic carbocycles. The highest BCUT2D eigenvalue weighted by Gasteiger charge is 2.38. The molecule has 2 aromatic rings. The Labute approximate surface area is 103 Å². The van der Waals surface area contributed by atoms with Crippen LogP contribution in [-0.2, 0) is 5.92 Å². The predicted octanol–water partition coefficient (Wildman–Crippen LogP) is 4.90. The van der Waals surface area contributed by atoms with Crippen LogP contribution in [0.25, 0.3) is 11.0 Å². The Morgan fingerprint density at radius 2 is 2.00 bits per heavy atom. The molecule has 0 radical (unpaired) electrons. The third-order valence-corrected chi connectivity index (χ3v) is 3.59. The molecule has 0 saturated carbocycles. The lowest BCUT2D eigenvalue weighted by Crippen LogP contribution is -2.20. The topological polar surface area (TPSA) is 13.1 Å². The van der Waals surface area contributed by atoms with Gasteiger partial charge in [-0.3, -0.25) is 0 Å². The van der Waals surface area contributed by atoms with E-state index in [0.717, 1.165) is 4.90 Å². The highest BCUT2D eigenvalue weighted by atomic mass is 32.2. The number of hydrogen-bond acceptors (Lipinski definition) is 2. The Kier molecular flexibility index (Phi) is 3.17. The van der Waals surface area contributed by atoms with Gasteiger partial charge in [0.25, 0.3) is 5.92 Å². The van der Waals surface area contributed by atoms with Crippen molar-refractivity contribution in [3.63, 3.8) is 0 Å². The summed E-state index contributed by atoms with van der Waals surface area (Å²) in [5.41, 5.74) is 0.502. The van der Waals surface area contributed by atoms with Gasteiger partial charge < -0.3 is 4.42 Å². The van der Waals surface area contributed by atoms with E-state index in [1.807, 2.05) is 12.3 Å². The van der Waals surface area contributed by atoms with Gasteiger partial charge in [0, 0.05) is 16.2 Å². The Bertz CT molecular complexity index is 531. The first kappa shape index (κ1) is 12.4. The molecule has 1 aromatic heterocycles. The number of fused-ring (bicyclic) bond motifs is 1. The molecule has 1 heterocycles. The van der Waals surface area contributed by atoms with Crippen LogP contribution < -0.4 is 0 Å². The van der Waals surface area contributed by atoms with Crippen molar-refractivity contribution < 1.29 is 13.2 Å². The van der Waals surface area contributed by atoms with Crippen LogP contribution in [0.1, 0.15) is 19.4 Å². The molecule has 0 unspecified atom stereocenters. The fourth-order valence-corrected chi connectivity index (χ4v) is 2.13. The zero-order valence-electron chi connectivity index (χ0n) is 9.96. The van der Waals surface area contributed by atoms with Crippen molar-refractivity contribution >= 4 is 22.7 Å². The molecule has 1 aromatic carbocycles. The minimum absolute atomic E-state index is 0.0184. The maximum atomic E-state index is 14.0. The van der Waals surface area contributed by atoms with Crippen LogP contribution in [0.3, 0.4) is 0 Å². The van der Waals surface area contributed by atoms with E-state index in [1.165, 1.54) is 20.1 Å². The van der Waals surface area contributed by atoms with E-state index in [-0.39, 0.29) is 5.56 Å². The van der Waals surface area contributed by atoms with Crippen LogP contribution in [0.4, 0.5) is 8.78 Å². The molecule has 0 aliphatic rings. The van der Waals surface area contributed by atoms with Gasteiger partial charge in [-0.05, 0) is 24.5 Å². The lowest BCUT2D eigenvalue weighted by molar-refractivity contribution is -0.0505. The van der Waals surface area contributed by atoms with Gasteiger partial charge in [0.1, 0.15) is 11.8 Å². The van der Waals surface area contributed by atoms with Gasteiger partial charge in [-0.1, -0.05) is 13.8 Å². The molecule has 0 atom stereocenters. The number of halogens is 2. The molecule has 0 spiro atoms. The first-order valence-corrected chi connectivity index (χ1v) is 6.62. The van der Waals surface area contributed by atoms with Gasteiger partial charge in [0.05, 0.1) is 5.56 Å². The monoisotopic (exact) mass is 256 g/mol. The summed E-state index contributed by atoms with van der Waals surface area (Å²) in [5.74, 6) is -3.60. The van der Waals surface area contributed by atoms with Crippen LogP contribution >= 0.6 is 11.8 Å². The number of alkyl halides is 2. The first-order valence-electron chi connectivity index (χ1n) is 5.40. The largest absolute Gasteiger partial charge is 0.464 e. The van der Waals surface area contributed by atoms with Crippen molar-refractivity contribution in [2.75, 3.05) is 6.26 Å². The maximum absolute atomic E-state index is 14.0. The van der Waals surface area contributed by atoms with Gasteiger partial charge in [-0.25, -0.2) is 8.78 Å². The SMILES string of the molecule is CSc1ccc2c(C(F)(F)C(C)C)coc2c1. The van der Waals surface area contributed by atoms with E-state index in [9.17, 15) is 8.78 Å². The molecule has 2 rings (SSSR count). The third-order valence-electron chi connectivity index (χ3n) is 2.87. The molecule has 0 bridgehead atoms. The van der Waals surface area contributed by atoms with E-state index >= 15 is 0 Å². The third kappa shape index (κ3) is 2.06. The van der Waals surface area contributed by atoms with Crippen molar-refractivity contribution in [3.8, 4) is 0 Å².